The molecule has 0 radical (unpaired) electrons. The molecule has 1 atom stereocenters. The van der Waals surface area contributed by atoms with Crippen molar-refractivity contribution in [2.75, 3.05) is 13.1 Å². The molecule has 2 amide bonds. The summed E-state index contributed by atoms with van der Waals surface area (Å²) in [5.74, 6) is -0.250. The van der Waals surface area contributed by atoms with E-state index < -0.39 is 12.1 Å². The molecule has 178 valence electrons. The summed E-state index contributed by atoms with van der Waals surface area (Å²) in [7, 11) is 0. The van der Waals surface area contributed by atoms with Crippen LogP contribution >= 0.6 is 0 Å². The first-order valence-corrected chi connectivity index (χ1v) is 11.7. The van der Waals surface area contributed by atoms with Gasteiger partial charge in [0.1, 0.15) is 6.61 Å². The Balaban J connectivity index is 1.42. The van der Waals surface area contributed by atoms with E-state index in [0.29, 0.717) is 19.5 Å². The second kappa shape index (κ2) is 13.8. The summed E-state index contributed by atoms with van der Waals surface area (Å²) in [6, 6.07) is 29.6. The Labute approximate surface area is 201 Å². The Kier molecular flexibility index (Phi) is 10.1. The number of nitrogens with two attached hydrogens (primary N) is 1. The van der Waals surface area contributed by atoms with Crippen LogP contribution in [0, 0.1) is 0 Å². The minimum absolute atomic E-state index is 0.116. The number of unbranched alkanes of at least 4 members (excludes halogenated alkanes) is 1. The summed E-state index contributed by atoms with van der Waals surface area (Å²) in [5.41, 5.74) is 8.97. The monoisotopic (exact) mass is 459 g/mol. The van der Waals surface area contributed by atoms with E-state index in [1.54, 1.807) is 0 Å². The summed E-state index contributed by atoms with van der Waals surface area (Å²) in [6.07, 6.45) is 1.64. The third-order valence-corrected chi connectivity index (χ3v) is 5.72. The Morgan fingerprint density at radius 3 is 1.91 bits per heavy atom. The van der Waals surface area contributed by atoms with Crippen LogP contribution < -0.4 is 16.4 Å². The first-order chi connectivity index (χ1) is 16.6. The molecule has 0 unspecified atom stereocenters. The van der Waals surface area contributed by atoms with Gasteiger partial charge in [-0.2, -0.15) is 0 Å². The molecule has 0 aliphatic carbocycles. The molecule has 3 rings (SSSR count). The van der Waals surface area contributed by atoms with Gasteiger partial charge in [-0.15, -0.1) is 0 Å². The van der Waals surface area contributed by atoms with Gasteiger partial charge >= 0.3 is 6.09 Å². The molecule has 0 aliphatic heterocycles. The van der Waals surface area contributed by atoms with Crippen LogP contribution in [0.25, 0.3) is 0 Å². The number of primary amides is 1. The predicted octanol–water partition coefficient (Wildman–Crippen LogP) is 4.36. The Hall–Kier alpha value is -3.64. The van der Waals surface area contributed by atoms with E-state index in [1.165, 1.54) is 11.1 Å². The Morgan fingerprint density at radius 2 is 1.35 bits per heavy atom. The van der Waals surface area contributed by atoms with Gasteiger partial charge in [0.2, 0.25) is 5.91 Å². The molecule has 0 spiro atoms. The highest BCUT2D eigenvalue weighted by atomic mass is 16.5. The van der Waals surface area contributed by atoms with Crippen LogP contribution in [0.5, 0.6) is 0 Å². The lowest BCUT2D eigenvalue weighted by Gasteiger charge is -2.22. The van der Waals surface area contributed by atoms with Gasteiger partial charge in [-0.25, -0.2) is 4.79 Å². The van der Waals surface area contributed by atoms with Gasteiger partial charge in [-0.1, -0.05) is 91.0 Å². The first-order valence-electron chi connectivity index (χ1n) is 11.7. The number of hydrogen-bond acceptors (Lipinski definition) is 4. The number of alkyl carbamates (subject to hydrolysis) is 1. The maximum atomic E-state index is 12.0. The average Bonchev–Trinajstić information content (AvgIpc) is 2.88. The molecule has 0 bridgehead atoms. The zero-order chi connectivity index (χ0) is 24.0. The SMILES string of the molecule is NC(=O)[C@H](CCCCNC(=O)OCc1ccccc1)NCC(c1ccccc1)c1ccccc1. The summed E-state index contributed by atoms with van der Waals surface area (Å²) >= 11 is 0. The van der Waals surface area contributed by atoms with Crippen molar-refractivity contribution >= 4 is 12.0 Å². The van der Waals surface area contributed by atoms with E-state index in [9.17, 15) is 9.59 Å². The lowest BCUT2D eigenvalue weighted by Crippen LogP contribution is -2.43. The van der Waals surface area contributed by atoms with Gasteiger partial charge in [0, 0.05) is 19.0 Å². The first kappa shape index (κ1) is 25.0. The topological polar surface area (TPSA) is 93.5 Å². The number of ether oxygens (including phenoxy) is 1. The van der Waals surface area contributed by atoms with Crippen LogP contribution in [0.15, 0.2) is 91.0 Å². The zero-order valence-corrected chi connectivity index (χ0v) is 19.4. The van der Waals surface area contributed by atoms with Crippen LogP contribution in [0.4, 0.5) is 4.79 Å². The smallest absolute Gasteiger partial charge is 0.407 e. The molecule has 0 aromatic heterocycles. The van der Waals surface area contributed by atoms with Crippen molar-refractivity contribution in [3.63, 3.8) is 0 Å². The summed E-state index contributed by atoms with van der Waals surface area (Å²) in [5, 5.41) is 6.12. The fraction of sp³-hybridized carbons (Fsp3) is 0.286. The number of nitrogens with one attached hydrogen (secondary N) is 2. The molecular formula is C28H33N3O3. The second-order valence-corrected chi connectivity index (χ2v) is 8.22. The molecule has 34 heavy (non-hydrogen) atoms. The van der Waals surface area contributed by atoms with Crippen molar-refractivity contribution in [3.05, 3.63) is 108 Å². The number of carbonyl (C=O) groups excluding carboxylic acids is 2. The molecule has 4 N–H and O–H groups in total. The van der Waals surface area contributed by atoms with Crippen LogP contribution in [-0.2, 0) is 16.1 Å². The van der Waals surface area contributed by atoms with Crippen LogP contribution in [0.3, 0.4) is 0 Å². The quantitative estimate of drug-likeness (QED) is 0.331. The lowest BCUT2D eigenvalue weighted by atomic mass is 9.91. The van der Waals surface area contributed by atoms with Gasteiger partial charge in [0.15, 0.2) is 0 Å². The Morgan fingerprint density at radius 1 is 0.794 bits per heavy atom. The second-order valence-electron chi connectivity index (χ2n) is 8.22. The Bertz CT molecular complexity index is 958. The number of benzene rings is 3. The van der Waals surface area contributed by atoms with Gasteiger partial charge in [0.05, 0.1) is 6.04 Å². The van der Waals surface area contributed by atoms with E-state index in [-0.39, 0.29) is 18.4 Å². The number of rotatable bonds is 13. The van der Waals surface area contributed by atoms with Crippen molar-refractivity contribution < 1.29 is 14.3 Å². The van der Waals surface area contributed by atoms with Gasteiger partial charge in [-0.05, 0) is 36.0 Å². The number of carbonyl (C=O) groups is 2. The minimum Gasteiger partial charge on any atom is -0.445 e. The van der Waals surface area contributed by atoms with E-state index in [0.717, 1.165) is 18.4 Å². The average molecular weight is 460 g/mol. The summed E-state index contributed by atoms with van der Waals surface area (Å²) in [6.45, 7) is 1.33. The maximum absolute atomic E-state index is 12.0. The fourth-order valence-electron chi connectivity index (χ4n) is 3.84. The minimum atomic E-state index is -0.443. The third kappa shape index (κ3) is 8.37. The van der Waals surface area contributed by atoms with Crippen molar-refractivity contribution in [1.29, 1.82) is 0 Å². The highest BCUT2D eigenvalue weighted by Crippen LogP contribution is 2.24. The van der Waals surface area contributed by atoms with Crippen LogP contribution in [-0.4, -0.2) is 31.1 Å². The molecule has 6 nitrogen and oxygen atoms in total. The van der Waals surface area contributed by atoms with Crippen LogP contribution in [0.2, 0.25) is 0 Å². The fourth-order valence-corrected chi connectivity index (χ4v) is 3.84. The molecule has 0 saturated heterocycles. The number of hydrogen-bond donors (Lipinski definition) is 3. The molecular weight excluding hydrogens is 426 g/mol. The standard InChI is InChI=1S/C28H33N3O3/c29-27(32)26(18-10-11-19-30-28(33)34-21-22-12-4-1-5-13-22)31-20-25(23-14-6-2-7-15-23)24-16-8-3-9-17-24/h1-9,12-17,25-26,31H,10-11,18-21H2,(H2,29,32)(H,30,33)/t26-/m0/s1. The molecule has 3 aromatic rings. The van der Waals surface area contributed by atoms with Gasteiger partial charge in [-0.3, -0.25) is 4.79 Å². The predicted molar refractivity (Wildman–Crippen MR) is 134 cm³/mol. The van der Waals surface area contributed by atoms with Crippen LogP contribution in [0.1, 0.15) is 41.9 Å². The normalized spacial score (nSPS) is 11.7. The summed E-state index contributed by atoms with van der Waals surface area (Å²) in [4.78, 5) is 23.9. The highest BCUT2D eigenvalue weighted by Gasteiger charge is 2.19. The molecule has 0 saturated carbocycles. The van der Waals surface area contributed by atoms with Gasteiger partial charge in [0.25, 0.3) is 0 Å². The zero-order valence-electron chi connectivity index (χ0n) is 19.4. The van der Waals surface area contributed by atoms with E-state index >= 15 is 0 Å². The number of amides is 2. The lowest BCUT2D eigenvalue weighted by molar-refractivity contribution is -0.120. The van der Waals surface area contributed by atoms with Crippen molar-refractivity contribution in [3.8, 4) is 0 Å². The van der Waals surface area contributed by atoms with E-state index in [1.807, 2.05) is 66.7 Å². The van der Waals surface area contributed by atoms with E-state index in [2.05, 4.69) is 34.9 Å². The maximum Gasteiger partial charge on any atom is 0.407 e. The molecule has 0 heterocycles. The largest absolute Gasteiger partial charge is 0.445 e. The molecule has 3 aromatic carbocycles. The molecule has 0 aliphatic rings. The van der Waals surface area contributed by atoms with Gasteiger partial charge < -0.3 is 21.1 Å². The van der Waals surface area contributed by atoms with E-state index in [4.69, 9.17) is 10.5 Å². The van der Waals surface area contributed by atoms with Crippen molar-refractivity contribution in [2.24, 2.45) is 5.73 Å². The van der Waals surface area contributed by atoms with Crippen molar-refractivity contribution in [1.82, 2.24) is 10.6 Å². The highest BCUT2D eigenvalue weighted by molar-refractivity contribution is 5.79. The molecule has 6 heteroatoms. The summed E-state index contributed by atoms with van der Waals surface area (Å²) < 4.78 is 5.21. The van der Waals surface area contributed by atoms with Crippen molar-refractivity contribution in [2.45, 2.75) is 37.8 Å². The third-order valence-electron chi connectivity index (χ3n) is 5.72. The molecule has 0 fully saturated rings.